The summed E-state index contributed by atoms with van der Waals surface area (Å²) in [5.74, 6) is -2.51. The van der Waals surface area contributed by atoms with Crippen LogP contribution in [0.25, 0.3) is 10.6 Å². The Labute approximate surface area is 165 Å². The molecule has 27 heavy (non-hydrogen) atoms. The van der Waals surface area contributed by atoms with Crippen molar-refractivity contribution in [1.29, 1.82) is 0 Å². The monoisotopic (exact) mass is 409 g/mol. The average molecular weight is 410 g/mol. The highest BCUT2D eigenvalue weighted by Gasteiger charge is 2.11. The van der Waals surface area contributed by atoms with Crippen LogP contribution in [0.1, 0.15) is 24.1 Å². The van der Waals surface area contributed by atoms with Crippen molar-refractivity contribution in [2.75, 3.05) is 25.4 Å². The number of carboxylic acids is 2. The van der Waals surface area contributed by atoms with Crippen molar-refractivity contribution in [3.63, 3.8) is 0 Å². The molecule has 146 valence electrons. The summed E-state index contributed by atoms with van der Waals surface area (Å²) in [6.07, 6.45) is 6.42. The minimum absolute atomic E-state index is 0.558. The molecular weight excluding hydrogens is 386 g/mol. The zero-order valence-electron chi connectivity index (χ0n) is 14.8. The van der Waals surface area contributed by atoms with E-state index in [1.54, 1.807) is 0 Å². The highest BCUT2D eigenvalue weighted by molar-refractivity contribution is 7.16. The predicted octanol–water partition coefficient (Wildman–Crippen LogP) is 3.19. The molecule has 0 bridgehead atoms. The van der Waals surface area contributed by atoms with Gasteiger partial charge in [0.15, 0.2) is 5.13 Å². The molecule has 0 aromatic carbocycles. The molecule has 2 aromatic rings. The van der Waals surface area contributed by atoms with E-state index in [4.69, 9.17) is 15.9 Å². The van der Waals surface area contributed by atoms with Gasteiger partial charge < -0.3 is 20.8 Å². The fraction of sp³-hybridized carbons (Fsp3) is 0.389. The number of anilines is 1. The standard InChI is InChI=1S/C14H19N3S2.C4H4O4/c15-14-16-12(10-18-14)13-5-4-11(19-13)6-9-17-7-2-1-3-8-17;5-3(6)1-2-4(7)8/h4-5,10H,1-3,6-9H2,(H2,15,16);1-2H,(H,5,6)(H,7,8)/b;2-1-. The normalized spacial score (nSPS) is 14.7. The van der Waals surface area contributed by atoms with Gasteiger partial charge in [-0.2, -0.15) is 0 Å². The minimum Gasteiger partial charge on any atom is -0.478 e. The van der Waals surface area contributed by atoms with Crippen LogP contribution in [0.5, 0.6) is 0 Å². The van der Waals surface area contributed by atoms with Crippen LogP contribution in [0.3, 0.4) is 0 Å². The maximum absolute atomic E-state index is 9.55. The van der Waals surface area contributed by atoms with E-state index in [2.05, 4.69) is 22.0 Å². The van der Waals surface area contributed by atoms with Crippen LogP contribution in [-0.2, 0) is 16.0 Å². The summed E-state index contributed by atoms with van der Waals surface area (Å²) < 4.78 is 0. The van der Waals surface area contributed by atoms with Crippen LogP contribution < -0.4 is 5.73 Å². The molecule has 1 aliphatic heterocycles. The maximum Gasteiger partial charge on any atom is 0.328 e. The fourth-order valence-electron chi connectivity index (χ4n) is 2.64. The second kappa shape index (κ2) is 10.8. The molecule has 4 N–H and O–H groups in total. The number of aliphatic carboxylic acids is 2. The first-order valence-electron chi connectivity index (χ1n) is 8.60. The van der Waals surface area contributed by atoms with Crippen molar-refractivity contribution in [3.8, 4) is 10.6 Å². The number of nitrogens with two attached hydrogens (primary N) is 1. The smallest absolute Gasteiger partial charge is 0.328 e. The Morgan fingerprint density at radius 2 is 1.81 bits per heavy atom. The van der Waals surface area contributed by atoms with E-state index < -0.39 is 11.9 Å². The quantitative estimate of drug-likeness (QED) is 0.627. The van der Waals surface area contributed by atoms with Crippen molar-refractivity contribution >= 4 is 39.7 Å². The number of carboxylic acid groups (broad SMARTS) is 2. The zero-order valence-corrected chi connectivity index (χ0v) is 16.5. The number of aromatic nitrogens is 1. The number of hydrogen-bond donors (Lipinski definition) is 3. The lowest BCUT2D eigenvalue weighted by atomic mass is 10.1. The Bertz CT molecular complexity index is 763. The molecule has 1 aliphatic rings. The van der Waals surface area contributed by atoms with Crippen LogP contribution in [0.15, 0.2) is 29.7 Å². The second-order valence-electron chi connectivity index (χ2n) is 6.00. The number of piperidine rings is 1. The molecule has 0 atom stereocenters. The third kappa shape index (κ3) is 7.90. The highest BCUT2D eigenvalue weighted by atomic mass is 32.1. The predicted molar refractivity (Wildman–Crippen MR) is 108 cm³/mol. The molecule has 7 nitrogen and oxygen atoms in total. The molecule has 9 heteroatoms. The van der Waals surface area contributed by atoms with Gasteiger partial charge in [-0.15, -0.1) is 22.7 Å². The highest BCUT2D eigenvalue weighted by Crippen LogP contribution is 2.30. The Hall–Kier alpha value is -2.23. The molecule has 2 aromatic heterocycles. The summed E-state index contributed by atoms with van der Waals surface area (Å²) in [7, 11) is 0. The van der Waals surface area contributed by atoms with Crippen LogP contribution in [-0.4, -0.2) is 51.7 Å². The Morgan fingerprint density at radius 1 is 1.15 bits per heavy atom. The van der Waals surface area contributed by atoms with Gasteiger partial charge >= 0.3 is 11.9 Å². The first-order valence-corrected chi connectivity index (χ1v) is 10.3. The molecule has 0 aliphatic carbocycles. The van der Waals surface area contributed by atoms with Crippen LogP contribution in [0, 0.1) is 0 Å². The third-order valence-electron chi connectivity index (χ3n) is 3.93. The number of rotatable bonds is 6. The Kier molecular flexibility index (Phi) is 8.43. The minimum atomic E-state index is -1.26. The molecule has 0 saturated carbocycles. The van der Waals surface area contributed by atoms with E-state index >= 15 is 0 Å². The second-order valence-corrected chi connectivity index (χ2v) is 8.06. The first-order chi connectivity index (χ1) is 12.9. The molecule has 3 rings (SSSR count). The van der Waals surface area contributed by atoms with Gasteiger partial charge in [0.05, 0.1) is 10.6 Å². The lowest BCUT2D eigenvalue weighted by Gasteiger charge is -2.25. The lowest BCUT2D eigenvalue weighted by molar-refractivity contribution is -0.134. The Morgan fingerprint density at radius 3 is 2.37 bits per heavy atom. The number of likely N-dealkylation sites (tertiary alicyclic amines) is 1. The fourth-order valence-corrected chi connectivity index (χ4v) is 4.24. The summed E-state index contributed by atoms with van der Waals surface area (Å²) in [6, 6.07) is 4.41. The van der Waals surface area contributed by atoms with Crippen LogP contribution >= 0.6 is 22.7 Å². The van der Waals surface area contributed by atoms with Gasteiger partial charge in [0.25, 0.3) is 0 Å². The summed E-state index contributed by atoms with van der Waals surface area (Å²) in [4.78, 5) is 28.7. The molecule has 0 unspecified atom stereocenters. The molecular formula is C18H23N3O4S2. The van der Waals surface area contributed by atoms with E-state index in [-0.39, 0.29) is 0 Å². The van der Waals surface area contributed by atoms with E-state index in [1.807, 2.05) is 16.7 Å². The van der Waals surface area contributed by atoms with E-state index in [9.17, 15) is 9.59 Å². The van der Waals surface area contributed by atoms with Crippen molar-refractivity contribution in [3.05, 3.63) is 34.5 Å². The van der Waals surface area contributed by atoms with E-state index in [0.717, 1.165) is 12.1 Å². The van der Waals surface area contributed by atoms with Crippen LogP contribution in [0.4, 0.5) is 5.13 Å². The summed E-state index contributed by atoms with van der Waals surface area (Å²) in [5.41, 5.74) is 6.71. The maximum atomic E-state index is 9.55. The molecule has 0 amide bonds. The van der Waals surface area contributed by atoms with E-state index in [1.165, 1.54) is 60.0 Å². The number of carbonyl (C=O) groups is 2. The third-order valence-corrected chi connectivity index (χ3v) is 5.77. The summed E-state index contributed by atoms with van der Waals surface area (Å²) in [6.45, 7) is 3.75. The van der Waals surface area contributed by atoms with Crippen molar-refractivity contribution < 1.29 is 19.8 Å². The number of nitrogen functional groups attached to an aromatic ring is 1. The van der Waals surface area contributed by atoms with Gasteiger partial charge in [-0.05, 0) is 44.5 Å². The number of nitrogens with zero attached hydrogens (tertiary/aromatic N) is 2. The molecule has 1 fully saturated rings. The van der Waals surface area contributed by atoms with Crippen molar-refractivity contribution in [2.24, 2.45) is 0 Å². The largest absolute Gasteiger partial charge is 0.478 e. The van der Waals surface area contributed by atoms with E-state index in [0.29, 0.717) is 17.3 Å². The molecule has 0 spiro atoms. The van der Waals surface area contributed by atoms with Gasteiger partial charge in [0.1, 0.15) is 0 Å². The summed E-state index contributed by atoms with van der Waals surface area (Å²) in [5, 5.41) is 18.3. The number of hydrogen-bond acceptors (Lipinski definition) is 7. The zero-order chi connectivity index (χ0) is 19.6. The average Bonchev–Trinajstić information content (AvgIpc) is 3.28. The molecule has 3 heterocycles. The van der Waals surface area contributed by atoms with Gasteiger partial charge in [-0.3, -0.25) is 0 Å². The SMILES string of the molecule is Nc1nc(-c2ccc(CCN3CCCCC3)s2)cs1.O=C(O)/C=C\C(=O)O. The van der Waals surface area contributed by atoms with Crippen molar-refractivity contribution in [2.45, 2.75) is 25.7 Å². The number of thiazole rings is 1. The molecule has 0 radical (unpaired) electrons. The van der Waals surface area contributed by atoms with Gasteiger partial charge in [-0.1, -0.05) is 6.42 Å². The van der Waals surface area contributed by atoms with Crippen molar-refractivity contribution in [1.82, 2.24) is 9.88 Å². The van der Waals surface area contributed by atoms with Gasteiger partial charge in [-0.25, -0.2) is 14.6 Å². The molecule has 1 saturated heterocycles. The first kappa shape index (κ1) is 21.1. The topological polar surface area (TPSA) is 117 Å². The van der Waals surface area contributed by atoms with Gasteiger partial charge in [0, 0.05) is 29.0 Å². The summed E-state index contributed by atoms with van der Waals surface area (Å²) >= 11 is 3.36. The lowest BCUT2D eigenvalue weighted by Crippen LogP contribution is -2.31. The number of thiophene rings is 1. The van der Waals surface area contributed by atoms with Crippen LogP contribution in [0.2, 0.25) is 0 Å². The Balaban J connectivity index is 0.000000279. The van der Waals surface area contributed by atoms with Gasteiger partial charge in [0.2, 0.25) is 0 Å².